The van der Waals surface area contributed by atoms with Crippen LogP contribution in [0.25, 0.3) is 0 Å². The van der Waals surface area contributed by atoms with Gasteiger partial charge in [0.2, 0.25) is 0 Å². The van der Waals surface area contributed by atoms with E-state index in [4.69, 9.17) is 14.2 Å². The van der Waals surface area contributed by atoms with E-state index in [0.29, 0.717) is 0 Å². The standard InChI is InChI=1S/C6H10O3/c1-3-7-5(1)9-6-2-4-8-6/h5-6H,1-4H2. The molecule has 2 aliphatic rings. The maximum absolute atomic E-state index is 5.28. The van der Waals surface area contributed by atoms with Gasteiger partial charge >= 0.3 is 0 Å². The molecule has 2 rings (SSSR count). The molecule has 2 saturated heterocycles. The summed E-state index contributed by atoms with van der Waals surface area (Å²) in [5.74, 6) is 0. The predicted molar refractivity (Wildman–Crippen MR) is 29.8 cm³/mol. The summed E-state index contributed by atoms with van der Waals surface area (Å²) in [7, 11) is 0. The Morgan fingerprint density at radius 1 is 1.00 bits per heavy atom. The Morgan fingerprint density at radius 2 is 1.44 bits per heavy atom. The first kappa shape index (κ1) is 5.65. The number of hydrogen-bond acceptors (Lipinski definition) is 3. The lowest BCUT2D eigenvalue weighted by Crippen LogP contribution is -2.39. The maximum Gasteiger partial charge on any atom is 0.162 e. The summed E-state index contributed by atoms with van der Waals surface area (Å²) >= 11 is 0. The molecule has 0 radical (unpaired) electrons. The molecule has 2 unspecified atom stereocenters. The molecule has 0 spiro atoms. The Labute approximate surface area is 53.9 Å². The van der Waals surface area contributed by atoms with Crippen LogP contribution in [0.4, 0.5) is 0 Å². The quantitative estimate of drug-likeness (QED) is 0.544. The minimum absolute atomic E-state index is 0.0373. The van der Waals surface area contributed by atoms with Gasteiger partial charge in [-0.1, -0.05) is 0 Å². The zero-order chi connectivity index (χ0) is 6.10. The van der Waals surface area contributed by atoms with Gasteiger partial charge in [-0.25, -0.2) is 0 Å². The molecule has 2 fully saturated rings. The summed E-state index contributed by atoms with van der Waals surface area (Å²) in [6.07, 6.45) is 2.13. The molecule has 0 aromatic rings. The monoisotopic (exact) mass is 130 g/mol. The summed E-state index contributed by atoms with van der Waals surface area (Å²) in [5, 5.41) is 0. The van der Waals surface area contributed by atoms with Crippen molar-refractivity contribution in [3.05, 3.63) is 0 Å². The van der Waals surface area contributed by atoms with Crippen molar-refractivity contribution in [2.45, 2.75) is 25.4 Å². The molecule has 9 heavy (non-hydrogen) atoms. The van der Waals surface area contributed by atoms with Gasteiger partial charge in [0.05, 0.1) is 13.2 Å². The van der Waals surface area contributed by atoms with E-state index in [2.05, 4.69) is 0 Å². The number of hydrogen-bond donors (Lipinski definition) is 0. The van der Waals surface area contributed by atoms with Crippen LogP contribution in [-0.4, -0.2) is 25.8 Å². The predicted octanol–water partition coefficient (Wildman–Crippen LogP) is 0.496. The third kappa shape index (κ3) is 1.08. The van der Waals surface area contributed by atoms with E-state index in [1.807, 2.05) is 0 Å². The minimum Gasteiger partial charge on any atom is -0.352 e. The van der Waals surface area contributed by atoms with Crippen molar-refractivity contribution >= 4 is 0 Å². The van der Waals surface area contributed by atoms with Gasteiger partial charge in [0.25, 0.3) is 0 Å². The summed E-state index contributed by atoms with van der Waals surface area (Å²) in [5.41, 5.74) is 0. The molecule has 0 aromatic heterocycles. The van der Waals surface area contributed by atoms with E-state index < -0.39 is 0 Å². The van der Waals surface area contributed by atoms with Gasteiger partial charge in [0.15, 0.2) is 12.6 Å². The van der Waals surface area contributed by atoms with Crippen LogP contribution < -0.4 is 0 Å². The van der Waals surface area contributed by atoms with Crippen LogP contribution in [0.5, 0.6) is 0 Å². The first-order valence-corrected chi connectivity index (χ1v) is 3.34. The summed E-state index contributed by atoms with van der Waals surface area (Å²) in [4.78, 5) is 0. The normalized spacial score (nSPS) is 41.3. The first-order chi connectivity index (χ1) is 4.45. The summed E-state index contributed by atoms with van der Waals surface area (Å²) in [6, 6.07) is 0. The third-order valence-electron chi connectivity index (χ3n) is 1.62. The van der Waals surface area contributed by atoms with Gasteiger partial charge < -0.3 is 14.2 Å². The maximum atomic E-state index is 5.28. The van der Waals surface area contributed by atoms with Crippen molar-refractivity contribution in [3.8, 4) is 0 Å². The largest absolute Gasteiger partial charge is 0.352 e. The van der Waals surface area contributed by atoms with Crippen molar-refractivity contribution in [3.63, 3.8) is 0 Å². The highest BCUT2D eigenvalue weighted by atomic mass is 16.8. The second-order valence-corrected chi connectivity index (χ2v) is 2.31. The van der Waals surface area contributed by atoms with Crippen LogP contribution in [0.2, 0.25) is 0 Å². The fourth-order valence-electron chi connectivity index (χ4n) is 0.812. The molecule has 0 aliphatic carbocycles. The Balaban J connectivity index is 1.64. The van der Waals surface area contributed by atoms with Crippen LogP contribution in [0.1, 0.15) is 12.8 Å². The SMILES string of the molecule is C1CC(OC2CCO2)O1. The third-order valence-corrected chi connectivity index (χ3v) is 1.62. The number of ether oxygens (including phenoxy) is 3. The fourth-order valence-corrected chi connectivity index (χ4v) is 0.812. The highest BCUT2D eigenvalue weighted by Crippen LogP contribution is 2.20. The van der Waals surface area contributed by atoms with E-state index in [-0.39, 0.29) is 12.6 Å². The molecular formula is C6H10O3. The van der Waals surface area contributed by atoms with Crippen LogP contribution in [0.3, 0.4) is 0 Å². The topological polar surface area (TPSA) is 27.7 Å². The average Bonchev–Trinajstić information content (AvgIpc) is 1.57. The van der Waals surface area contributed by atoms with Crippen molar-refractivity contribution in [2.75, 3.05) is 13.2 Å². The Bertz CT molecular complexity index is 84.5. The highest BCUT2D eigenvalue weighted by Gasteiger charge is 2.27. The second kappa shape index (κ2) is 2.25. The van der Waals surface area contributed by atoms with Crippen LogP contribution >= 0.6 is 0 Å². The molecule has 0 N–H and O–H groups in total. The van der Waals surface area contributed by atoms with E-state index in [1.165, 1.54) is 0 Å². The van der Waals surface area contributed by atoms with Crippen molar-refractivity contribution in [1.29, 1.82) is 0 Å². The highest BCUT2D eigenvalue weighted by molar-refractivity contribution is 4.60. The molecule has 0 aromatic carbocycles. The minimum atomic E-state index is 0.0373. The molecule has 0 saturated carbocycles. The molecule has 2 atom stereocenters. The first-order valence-electron chi connectivity index (χ1n) is 3.34. The van der Waals surface area contributed by atoms with E-state index in [9.17, 15) is 0 Å². The average molecular weight is 130 g/mol. The van der Waals surface area contributed by atoms with Gasteiger partial charge in [-0.2, -0.15) is 0 Å². The van der Waals surface area contributed by atoms with Gasteiger partial charge in [-0.05, 0) is 0 Å². The molecule has 0 amide bonds. The molecule has 2 aliphatic heterocycles. The molecule has 3 nitrogen and oxygen atoms in total. The molecule has 2 heterocycles. The Morgan fingerprint density at radius 3 is 1.67 bits per heavy atom. The van der Waals surface area contributed by atoms with Gasteiger partial charge in [-0.15, -0.1) is 0 Å². The van der Waals surface area contributed by atoms with Gasteiger partial charge in [-0.3, -0.25) is 0 Å². The zero-order valence-corrected chi connectivity index (χ0v) is 5.21. The lowest BCUT2D eigenvalue weighted by Gasteiger charge is -2.34. The Kier molecular flexibility index (Phi) is 1.41. The van der Waals surface area contributed by atoms with Gasteiger partial charge in [0.1, 0.15) is 0 Å². The van der Waals surface area contributed by atoms with E-state index in [1.54, 1.807) is 0 Å². The summed E-state index contributed by atoms with van der Waals surface area (Å²) in [6.45, 7) is 1.69. The van der Waals surface area contributed by atoms with Gasteiger partial charge in [0, 0.05) is 12.8 Å². The van der Waals surface area contributed by atoms with Crippen molar-refractivity contribution in [2.24, 2.45) is 0 Å². The fraction of sp³-hybridized carbons (Fsp3) is 1.00. The van der Waals surface area contributed by atoms with Crippen LogP contribution in [-0.2, 0) is 14.2 Å². The van der Waals surface area contributed by atoms with E-state index >= 15 is 0 Å². The number of rotatable bonds is 2. The van der Waals surface area contributed by atoms with Crippen molar-refractivity contribution in [1.82, 2.24) is 0 Å². The zero-order valence-electron chi connectivity index (χ0n) is 5.21. The smallest absolute Gasteiger partial charge is 0.162 e. The lowest BCUT2D eigenvalue weighted by atomic mass is 10.3. The molecule has 52 valence electrons. The molecular weight excluding hydrogens is 120 g/mol. The molecule has 3 heteroatoms. The molecule has 0 bridgehead atoms. The van der Waals surface area contributed by atoms with Crippen LogP contribution in [0, 0.1) is 0 Å². The summed E-state index contributed by atoms with van der Waals surface area (Å²) < 4.78 is 15.3. The Hall–Kier alpha value is -0.120. The van der Waals surface area contributed by atoms with Crippen molar-refractivity contribution < 1.29 is 14.2 Å². The second-order valence-electron chi connectivity index (χ2n) is 2.31. The van der Waals surface area contributed by atoms with Crippen LogP contribution in [0.15, 0.2) is 0 Å². The van der Waals surface area contributed by atoms with E-state index in [0.717, 1.165) is 26.1 Å². The lowest BCUT2D eigenvalue weighted by molar-refractivity contribution is -0.320.